The number of amides is 1. The molecule has 0 spiro atoms. The topological polar surface area (TPSA) is 171 Å². The fraction of sp³-hybridized carbons (Fsp3) is 0.259. The molecule has 2 heterocycles. The molecule has 1 aliphatic rings. The minimum atomic E-state index is -0.745. The number of carbonyl (C=O) groups is 1. The molecule has 0 radical (unpaired) electrons. The second kappa shape index (κ2) is 11.5. The number of nitro benzene ring substituents is 1. The number of pyridine rings is 1. The number of nitrogens with one attached hydrogen (secondary N) is 1. The van der Waals surface area contributed by atoms with E-state index in [-0.39, 0.29) is 17.4 Å². The number of hydrogen-bond donors (Lipinski definition) is 2. The average molecular weight is 530 g/mol. The number of rotatable bonds is 5. The van der Waals surface area contributed by atoms with Gasteiger partial charge >= 0.3 is 11.8 Å². The van der Waals surface area contributed by atoms with Gasteiger partial charge in [0.05, 0.1) is 40.9 Å². The lowest BCUT2D eigenvalue weighted by molar-refractivity contribution is -0.384. The van der Waals surface area contributed by atoms with E-state index in [2.05, 4.69) is 26.8 Å². The van der Waals surface area contributed by atoms with Crippen LogP contribution in [0.3, 0.4) is 0 Å². The molecule has 2 aromatic carbocycles. The van der Waals surface area contributed by atoms with Crippen LogP contribution >= 0.6 is 0 Å². The maximum absolute atomic E-state index is 12.9. The summed E-state index contributed by atoms with van der Waals surface area (Å²) in [4.78, 5) is 37.9. The van der Waals surface area contributed by atoms with Crippen LogP contribution in [0.25, 0.3) is 22.2 Å². The van der Waals surface area contributed by atoms with Crippen molar-refractivity contribution in [2.45, 2.75) is 31.7 Å². The largest absolute Gasteiger partial charge is 0.453 e. The number of aryl methyl sites for hydroxylation is 1. The number of non-ortho nitro benzene ring substituents is 1. The molecule has 1 amide bonds. The molecule has 200 valence electrons. The number of benzene rings is 2. The van der Waals surface area contributed by atoms with Crippen molar-refractivity contribution in [1.82, 2.24) is 14.1 Å². The van der Waals surface area contributed by atoms with Gasteiger partial charge in [-0.15, -0.1) is 0 Å². The van der Waals surface area contributed by atoms with Crippen LogP contribution in [-0.4, -0.2) is 32.2 Å². The highest BCUT2D eigenvalue weighted by Gasteiger charge is 2.23. The molecule has 1 saturated carbocycles. The van der Waals surface area contributed by atoms with Crippen LogP contribution in [-0.2, 0) is 11.8 Å². The van der Waals surface area contributed by atoms with Crippen LogP contribution in [0.4, 0.5) is 22.0 Å². The van der Waals surface area contributed by atoms with Gasteiger partial charge in [-0.25, -0.2) is 14.6 Å². The Balaban J connectivity index is 0.000000648. The minimum absolute atomic E-state index is 0.0594. The Bertz CT molecular complexity index is 1640. The number of imidazole rings is 1. The summed E-state index contributed by atoms with van der Waals surface area (Å²) in [5.74, 6) is 0.488. The summed E-state index contributed by atoms with van der Waals surface area (Å²) in [6.07, 6.45) is 5.06. The van der Waals surface area contributed by atoms with E-state index in [1.54, 1.807) is 48.1 Å². The van der Waals surface area contributed by atoms with Crippen LogP contribution in [0.5, 0.6) is 0 Å². The molecule has 1 fully saturated rings. The third-order valence-electron chi connectivity index (χ3n) is 6.59. The number of primary amides is 1. The SMILES string of the molecule is COC(N)=O.Cn1c(=O)n(C2CCCC2)c2cc(Nc3cc(-c4cccc(C#N)c4)cc([N+](=O)[O-])c3)ncc21. The van der Waals surface area contributed by atoms with Crippen molar-refractivity contribution in [3.63, 3.8) is 0 Å². The van der Waals surface area contributed by atoms with Gasteiger partial charge in [-0.2, -0.15) is 5.26 Å². The van der Waals surface area contributed by atoms with E-state index in [9.17, 15) is 25.0 Å². The molecule has 1 aliphatic carbocycles. The number of nitrogens with zero attached hydrogens (tertiary/aromatic N) is 5. The van der Waals surface area contributed by atoms with Crippen molar-refractivity contribution in [2.24, 2.45) is 12.8 Å². The van der Waals surface area contributed by atoms with Gasteiger partial charge in [0.2, 0.25) is 0 Å². The molecule has 5 rings (SSSR count). The molecule has 39 heavy (non-hydrogen) atoms. The molecule has 4 aromatic rings. The monoisotopic (exact) mass is 529 g/mol. The van der Waals surface area contributed by atoms with Crippen LogP contribution in [0.15, 0.2) is 59.5 Å². The van der Waals surface area contributed by atoms with Crippen molar-refractivity contribution in [3.05, 3.63) is 80.9 Å². The van der Waals surface area contributed by atoms with Crippen LogP contribution in [0, 0.1) is 21.4 Å². The van der Waals surface area contributed by atoms with Gasteiger partial charge in [0.15, 0.2) is 0 Å². The molecular weight excluding hydrogens is 502 g/mol. The average Bonchev–Trinajstić information content (AvgIpc) is 3.55. The number of anilines is 2. The highest BCUT2D eigenvalue weighted by Crippen LogP contribution is 2.33. The van der Waals surface area contributed by atoms with Gasteiger partial charge in [-0.3, -0.25) is 19.2 Å². The third-order valence-corrected chi connectivity index (χ3v) is 6.59. The Hall–Kier alpha value is -5.18. The molecule has 0 atom stereocenters. The molecule has 12 heteroatoms. The van der Waals surface area contributed by atoms with Crippen molar-refractivity contribution in [1.29, 1.82) is 5.26 Å². The summed E-state index contributed by atoms with van der Waals surface area (Å²) in [5, 5.41) is 24.0. The van der Waals surface area contributed by atoms with Gasteiger partial charge in [-0.1, -0.05) is 25.0 Å². The number of nitrogens with two attached hydrogens (primary N) is 1. The Morgan fingerprint density at radius 1 is 1.18 bits per heavy atom. The maximum atomic E-state index is 12.9. The first-order valence-electron chi connectivity index (χ1n) is 12.2. The van der Waals surface area contributed by atoms with E-state index in [4.69, 9.17) is 0 Å². The number of nitriles is 1. The smallest absolute Gasteiger partial charge is 0.404 e. The molecular formula is C27H27N7O5. The number of carbonyl (C=O) groups excluding carboxylic acids is 1. The minimum Gasteiger partial charge on any atom is -0.453 e. The predicted molar refractivity (Wildman–Crippen MR) is 146 cm³/mol. The van der Waals surface area contributed by atoms with Gasteiger partial charge in [0.25, 0.3) is 5.69 Å². The Kier molecular flexibility index (Phi) is 7.90. The molecule has 0 saturated heterocycles. The standard InChI is InChI=1S/C25H22N6O3.C2H5NO2/c1-29-23-15-27-24(13-22(23)30(25(29)32)20-7-2-3-8-20)28-19-10-18(11-21(12-19)31(33)34)17-6-4-5-16(9-17)14-26;1-5-2(3)4/h4-6,9-13,15,20H,2-3,7-8H2,1H3,(H,27,28);1H3,(H2,3,4). The summed E-state index contributed by atoms with van der Waals surface area (Å²) in [5.41, 5.74) is 8.11. The fourth-order valence-electron chi connectivity index (χ4n) is 4.71. The van der Waals surface area contributed by atoms with E-state index in [1.165, 1.54) is 19.2 Å². The van der Waals surface area contributed by atoms with Crippen LogP contribution < -0.4 is 16.7 Å². The maximum Gasteiger partial charge on any atom is 0.404 e. The second-order valence-electron chi connectivity index (χ2n) is 9.07. The van der Waals surface area contributed by atoms with Crippen molar-refractivity contribution >= 4 is 34.3 Å². The molecule has 2 aromatic heterocycles. The number of ether oxygens (including phenoxy) is 1. The zero-order valence-electron chi connectivity index (χ0n) is 21.5. The third kappa shape index (κ3) is 5.88. The number of aromatic nitrogens is 3. The molecule has 12 nitrogen and oxygen atoms in total. The Morgan fingerprint density at radius 3 is 2.54 bits per heavy atom. The number of nitro groups is 1. The lowest BCUT2D eigenvalue weighted by Crippen LogP contribution is -2.24. The van der Waals surface area contributed by atoms with Crippen molar-refractivity contribution in [3.8, 4) is 17.2 Å². The first-order valence-corrected chi connectivity index (χ1v) is 12.2. The Labute approximate surface area is 223 Å². The molecule has 0 unspecified atom stereocenters. The summed E-state index contributed by atoms with van der Waals surface area (Å²) < 4.78 is 7.35. The van der Waals surface area contributed by atoms with Gasteiger partial charge < -0.3 is 15.8 Å². The van der Waals surface area contributed by atoms with Crippen molar-refractivity contribution < 1.29 is 14.5 Å². The summed E-state index contributed by atoms with van der Waals surface area (Å²) in [7, 11) is 2.97. The van der Waals surface area contributed by atoms with E-state index in [1.807, 2.05) is 10.6 Å². The molecule has 3 N–H and O–H groups in total. The Morgan fingerprint density at radius 2 is 1.90 bits per heavy atom. The summed E-state index contributed by atoms with van der Waals surface area (Å²) in [6, 6.07) is 15.7. The van der Waals surface area contributed by atoms with Crippen molar-refractivity contribution in [2.75, 3.05) is 12.4 Å². The van der Waals surface area contributed by atoms with Crippen LogP contribution in [0.2, 0.25) is 0 Å². The summed E-state index contributed by atoms with van der Waals surface area (Å²) in [6.45, 7) is 0. The summed E-state index contributed by atoms with van der Waals surface area (Å²) >= 11 is 0. The highest BCUT2D eigenvalue weighted by molar-refractivity contribution is 5.80. The second-order valence-corrected chi connectivity index (χ2v) is 9.07. The van der Waals surface area contributed by atoms with E-state index < -0.39 is 11.0 Å². The lowest BCUT2D eigenvalue weighted by atomic mass is 10.0. The van der Waals surface area contributed by atoms with E-state index in [0.29, 0.717) is 28.2 Å². The van der Waals surface area contributed by atoms with Gasteiger partial charge in [-0.05, 0) is 42.2 Å². The molecule has 0 bridgehead atoms. The number of fused-ring (bicyclic) bond motifs is 1. The first-order chi connectivity index (χ1) is 18.7. The normalized spacial score (nSPS) is 12.8. The lowest BCUT2D eigenvalue weighted by Gasteiger charge is -2.12. The quantitative estimate of drug-likeness (QED) is 0.275. The molecule has 0 aliphatic heterocycles. The zero-order chi connectivity index (χ0) is 28.1. The van der Waals surface area contributed by atoms with E-state index >= 15 is 0 Å². The number of hydrogen-bond acceptors (Lipinski definition) is 8. The number of methoxy groups -OCH3 is 1. The zero-order valence-corrected chi connectivity index (χ0v) is 21.5. The highest BCUT2D eigenvalue weighted by atomic mass is 16.6. The van der Waals surface area contributed by atoms with E-state index in [0.717, 1.165) is 36.7 Å². The van der Waals surface area contributed by atoms with Gasteiger partial charge in [0, 0.05) is 37.0 Å². The van der Waals surface area contributed by atoms with Gasteiger partial charge in [0.1, 0.15) is 5.82 Å². The van der Waals surface area contributed by atoms with Crippen LogP contribution in [0.1, 0.15) is 37.3 Å². The predicted octanol–water partition coefficient (Wildman–Crippen LogP) is 4.75. The first kappa shape index (κ1) is 26.9. The fourth-order valence-corrected chi connectivity index (χ4v) is 4.71.